The third kappa shape index (κ3) is 1.62. The molecule has 0 amide bonds. The van der Waals surface area contributed by atoms with E-state index in [1.807, 2.05) is 0 Å². The lowest BCUT2D eigenvalue weighted by Crippen LogP contribution is -2.05. The van der Waals surface area contributed by atoms with Crippen molar-refractivity contribution in [3.8, 4) is 11.3 Å². The van der Waals surface area contributed by atoms with Crippen LogP contribution in [0.4, 0.5) is 23.2 Å². The predicted molar refractivity (Wildman–Crippen MR) is 50.6 cm³/mol. The van der Waals surface area contributed by atoms with Crippen LogP contribution >= 0.6 is 0 Å². The highest BCUT2D eigenvalue weighted by Crippen LogP contribution is 2.37. The van der Waals surface area contributed by atoms with E-state index in [1.165, 1.54) is 6.07 Å². The fourth-order valence-electron chi connectivity index (χ4n) is 1.44. The Morgan fingerprint density at radius 2 is 1.67 bits per heavy atom. The van der Waals surface area contributed by atoms with Gasteiger partial charge in [-0.3, -0.25) is 10.1 Å². The normalized spacial score (nSPS) is 10.7. The molecule has 0 radical (unpaired) electrons. The lowest BCUT2D eigenvalue weighted by molar-refractivity contribution is -0.387. The SMILES string of the molecule is O=[N+]([O-])c1c(F)c(F)c(F)c(F)c1-c1ccco1. The van der Waals surface area contributed by atoms with Gasteiger partial charge in [0.2, 0.25) is 11.6 Å². The molecule has 0 unspecified atom stereocenters. The molecule has 0 N–H and O–H groups in total. The van der Waals surface area contributed by atoms with E-state index in [-0.39, 0.29) is 0 Å². The zero-order valence-electron chi connectivity index (χ0n) is 8.42. The topological polar surface area (TPSA) is 56.3 Å². The lowest BCUT2D eigenvalue weighted by Gasteiger charge is -2.05. The molecule has 94 valence electrons. The Morgan fingerprint density at radius 3 is 2.17 bits per heavy atom. The molecule has 1 aromatic heterocycles. The fraction of sp³-hybridized carbons (Fsp3) is 0. The Balaban J connectivity index is 2.90. The van der Waals surface area contributed by atoms with Gasteiger partial charge in [0.25, 0.3) is 0 Å². The summed E-state index contributed by atoms with van der Waals surface area (Å²) in [4.78, 5) is 9.27. The second-order valence-corrected chi connectivity index (χ2v) is 3.21. The van der Waals surface area contributed by atoms with E-state index in [0.717, 1.165) is 12.3 Å². The standard InChI is InChI=1S/C10H3F4NO3/c11-6-5(4-2-1-3-18-4)10(15(16)17)9(14)8(13)7(6)12/h1-3H. The van der Waals surface area contributed by atoms with Crippen LogP contribution in [0.15, 0.2) is 22.8 Å². The maximum Gasteiger partial charge on any atom is 0.321 e. The molecular formula is C10H3F4NO3. The zero-order valence-corrected chi connectivity index (χ0v) is 8.42. The van der Waals surface area contributed by atoms with E-state index in [2.05, 4.69) is 4.42 Å². The van der Waals surface area contributed by atoms with Gasteiger partial charge in [-0.05, 0) is 12.1 Å². The van der Waals surface area contributed by atoms with Gasteiger partial charge in [-0.1, -0.05) is 0 Å². The van der Waals surface area contributed by atoms with Crippen molar-refractivity contribution >= 4 is 5.69 Å². The van der Waals surface area contributed by atoms with Crippen LogP contribution in [0.3, 0.4) is 0 Å². The van der Waals surface area contributed by atoms with Crippen LogP contribution in [0.25, 0.3) is 11.3 Å². The van der Waals surface area contributed by atoms with Gasteiger partial charge >= 0.3 is 5.69 Å². The predicted octanol–water partition coefficient (Wildman–Crippen LogP) is 3.41. The van der Waals surface area contributed by atoms with E-state index in [0.29, 0.717) is 0 Å². The summed E-state index contributed by atoms with van der Waals surface area (Å²) in [7, 11) is 0. The Morgan fingerprint density at radius 1 is 1.06 bits per heavy atom. The third-order valence-corrected chi connectivity index (χ3v) is 2.19. The molecule has 8 heteroatoms. The minimum atomic E-state index is -2.24. The number of hydrogen-bond donors (Lipinski definition) is 0. The number of nitro benzene ring substituents is 1. The molecule has 0 saturated heterocycles. The van der Waals surface area contributed by atoms with Crippen LogP contribution in [0.1, 0.15) is 0 Å². The maximum absolute atomic E-state index is 13.5. The summed E-state index contributed by atoms with van der Waals surface area (Å²) in [5, 5.41) is 10.6. The average Bonchev–Trinajstić information content (AvgIpc) is 2.83. The largest absolute Gasteiger partial charge is 0.464 e. The molecule has 0 aliphatic carbocycles. The second kappa shape index (κ2) is 4.13. The first-order valence-corrected chi connectivity index (χ1v) is 4.49. The molecule has 1 heterocycles. The van der Waals surface area contributed by atoms with Crippen molar-refractivity contribution in [2.24, 2.45) is 0 Å². The first-order valence-electron chi connectivity index (χ1n) is 4.49. The van der Waals surface area contributed by atoms with Crippen molar-refractivity contribution in [1.29, 1.82) is 0 Å². The van der Waals surface area contributed by atoms with Crippen LogP contribution < -0.4 is 0 Å². The Labute approximate surface area is 96.6 Å². The second-order valence-electron chi connectivity index (χ2n) is 3.21. The molecule has 0 saturated carbocycles. The summed E-state index contributed by atoms with van der Waals surface area (Å²) < 4.78 is 57.3. The summed E-state index contributed by atoms with van der Waals surface area (Å²) in [6.07, 6.45) is 1.03. The highest BCUT2D eigenvalue weighted by atomic mass is 19.2. The molecule has 0 fully saturated rings. The molecule has 0 atom stereocenters. The highest BCUT2D eigenvalue weighted by Gasteiger charge is 2.34. The van der Waals surface area contributed by atoms with Gasteiger partial charge in [-0.25, -0.2) is 13.2 Å². The molecule has 0 aliphatic rings. The number of furan rings is 1. The van der Waals surface area contributed by atoms with E-state index in [1.54, 1.807) is 0 Å². The first kappa shape index (κ1) is 12.1. The molecule has 0 bridgehead atoms. The van der Waals surface area contributed by atoms with Gasteiger partial charge in [0.1, 0.15) is 11.3 Å². The molecular weight excluding hydrogens is 258 g/mol. The Bertz CT molecular complexity index is 625. The Kier molecular flexibility index (Phi) is 2.77. The molecule has 18 heavy (non-hydrogen) atoms. The average molecular weight is 261 g/mol. The van der Waals surface area contributed by atoms with Crippen molar-refractivity contribution in [1.82, 2.24) is 0 Å². The van der Waals surface area contributed by atoms with Crippen molar-refractivity contribution in [2.45, 2.75) is 0 Å². The van der Waals surface area contributed by atoms with Crippen molar-refractivity contribution < 1.29 is 26.9 Å². The lowest BCUT2D eigenvalue weighted by atomic mass is 10.1. The zero-order chi connectivity index (χ0) is 13.4. The third-order valence-electron chi connectivity index (χ3n) is 2.19. The van der Waals surface area contributed by atoms with Crippen LogP contribution in [-0.2, 0) is 0 Å². The number of halogens is 4. The number of rotatable bonds is 2. The number of benzene rings is 1. The molecule has 0 aliphatic heterocycles. The quantitative estimate of drug-likeness (QED) is 0.273. The molecule has 1 aromatic carbocycles. The summed E-state index contributed by atoms with van der Waals surface area (Å²) in [5.74, 6) is -8.81. The summed E-state index contributed by atoms with van der Waals surface area (Å²) in [6.45, 7) is 0. The number of nitro groups is 1. The minimum absolute atomic E-state index is 0.475. The van der Waals surface area contributed by atoms with Crippen LogP contribution in [0, 0.1) is 33.4 Å². The van der Waals surface area contributed by atoms with E-state index in [4.69, 9.17) is 0 Å². The van der Waals surface area contributed by atoms with E-state index in [9.17, 15) is 27.7 Å². The van der Waals surface area contributed by atoms with Crippen LogP contribution in [0.5, 0.6) is 0 Å². The van der Waals surface area contributed by atoms with Crippen molar-refractivity contribution in [3.05, 3.63) is 51.8 Å². The summed E-state index contributed by atoms with van der Waals surface area (Å²) >= 11 is 0. The van der Waals surface area contributed by atoms with E-state index >= 15 is 0 Å². The van der Waals surface area contributed by atoms with Crippen LogP contribution in [0.2, 0.25) is 0 Å². The maximum atomic E-state index is 13.5. The smallest absolute Gasteiger partial charge is 0.321 e. The summed E-state index contributed by atoms with van der Waals surface area (Å²) in [5.41, 5.74) is -2.58. The van der Waals surface area contributed by atoms with Crippen molar-refractivity contribution in [3.63, 3.8) is 0 Å². The fourth-order valence-corrected chi connectivity index (χ4v) is 1.44. The van der Waals surface area contributed by atoms with Gasteiger partial charge in [0, 0.05) is 0 Å². The molecule has 2 aromatic rings. The number of nitrogens with zero attached hydrogens (tertiary/aromatic N) is 1. The van der Waals surface area contributed by atoms with Gasteiger partial charge in [-0.15, -0.1) is 0 Å². The van der Waals surface area contributed by atoms with E-state index < -0.39 is 45.2 Å². The van der Waals surface area contributed by atoms with Crippen molar-refractivity contribution in [2.75, 3.05) is 0 Å². The highest BCUT2D eigenvalue weighted by molar-refractivity contribution is 5.70. The summed E-state index contributed by atoms with van der Waals surface area (Å²) in [6, 6.07) is 2.29. The monoisotopic (exact) mass is 261 g/mol. The van der Waals surface area contributed by atoms with Gasteiger partial charge in [-0.2, -0.15) is 4.39 Å². The Hall–Kier alpha value is -2.38. The van der Waals surface area contributed by atoms with Gasteiger partial charge < -0.3 is 4.42 Å². The van der Waals surface area contributed by atoms with Crippen LogP contribution in [-0.4, -0.2) is 4.92 Å². The van der Waals surface area contributed by atoms with Gasteiger partial charge in [0.05, 0.1) is 11.2 Å². The van der Waals surface area contributed by atoms with Gasteiger partial charge in [0.15, 0.2) is 11.6 Å². The number of hydrogen-bond acceptors (Lipinski definition) is 3. The minimum Gasteiger partial charge on any atom is -0.464 e. The molecule has 0 spiro atoms. The molecule has 2 rings (SSSR count). The molecule has 4 nitrogen and oxygen atoms in total. The first-order chi connectivity index (χ1) is 8.45.